The van der Waals surface area contributed by atoms with Gasteiger partial charge in [0.15, 0.2) is 0 Å². The smallest absolute Gasteiger partial charge is 0.299 e. The first-order valence-corrected chi connectivity index (χ1v) is 4.06. The summed E-state index contributed by atoms with van der Waals surface area (Å²) in [6, 6.07) is 1.76. The summed E-state index contributed by atoms with van der Waals surface area (Å²) in [5.41, 5.74) is 0.508. The largest absolute Gasteiger partial charge is 0.457 e. The van der Waals surface area contributed by atoms with Crippen molar-refractivity contribution in [2.24, 2.45) is 0 Å². The summed E-state index contributed by atoms with van der Waals surface area (Å²) in [6.07, 6.45) is -0.331. The summed E-state index contributed by atoms with van der Waals surface area (Å²) >= 11 is 0. The van der Waals surface area contributed by atoms with E-state index in [2.05, 4.69) is 4.98 Å². The predicted molar refractivity (Wildman–Crippen MR) is 44.7 cm³/mol. The Morgan fingerprint density at radius 1 is 1.85 bits per heavy atom. The van der Waals surface area contributed by atoms with Crippen molar-refractivity contribution in [3.05, 3.63) is 22.1 Å². The number of fused-ring (bicyclic) bond motifs is 1. The zero-order valence-corrected chi connectivity index (χ0v) is 7.23. The molecule has 0 saturated carbocycles. The first-order valence-electron chi connectivity index (χ1n) is 4.06. The fraction of sp³-hybridized carbons (Fsp3) is 0.500. The molecule has 0 fully saturated rings. The van der Waals surface area contributed by atoms with Gasteiger partial charge in [0.2, 0.25) is 0 Å². The molecule has 1 atom stereocenters. The van der Waals surface area contributed by atoms with Gasteiger partial charge in [-0.25, -0.2) is 4.98 Å². The molecule has 5 nitrogen and oxygen atoms in total. The van der Waals surface area contributed by atoms with Crippen molar-refractivity contribution in [2.75, 3.05) is 6.61 Å². The summed E-state index contributed by atoms with van der Waals surface area (Å²) < 4.78 is 6.64. The van der Waals surface area contributed by atoms with E-state index in [9.17, 15) is 4.79 Å². The number of rotatable bonds is 1. The minimum absolute atomic E-state index is 0.0954. The lowest BCUT2D eigenvalue weighted by atomic mass is 10.4. The third-order valence-electron chi connectivity index (χ3n) is 1.96. The van der Waals surface area contributed by atoms with E-state index in [1.165, 1.54) is 10.6 Å². The van der Waals surface area contributed by atoms with Crippen LogP contribution in [0.15, 0.2) is 10.9 Å². The molecule has 0 spiro atoms. The van der Waals surface area contributed by atoms with Gasteiger partial charge in [-0.2, -0.15) is 0 Å². The maximum Gasteiger partial charge on any atom is 0.299 e. The molecule has 70 valence electrons. The standard InChI is InChI=1S/C8H10N2O3/c1-5-2-7(12)10-3-6(4-11)13-8(10)9-5/h2,6,11H,3-4H2,1H3/t6-/m1/s1. The lowest BCUT2D eigenvalue weighted by Crippen LogP contribution is -2.22. The molecule has 1 aliphatic heterocycles. The Bertz CT molecular complexity index is 385. The van der Waals surface area contributed by atoms with E-state index < -0.39 is 0 Å². The minimum Gasteiger partial charge on any atom is -0.457 e. The summed E-state index contributed by atoms with van der Waals surface area (Å²) in [4.78, 5) is 15.4. The van der Waals surface area contributed by atoms with Gasteiger partial charge >= 0.3 is 0 Å². The van der Waals surface area contributed by atoms with Crippen molar-refractivity contribution >= 4 is 0 Å². The molecule has 1 aliphatic rings. The van der Waals surface area contributed by atoms with Gasteiger partial charge in [-0.15, -0.1) is 0 Å². The number of ether oxygens (including phenoxy) is 1. The number of aliphatic hydroxyl groups excluding tert-OH is 1. The highest BCUT2D eigenvalue weighted by Gasteiger charge is 2.23. The second-order valence-corrected chi connectivity index (χ2v) is 3.05. The molecule has 2 rings (SSSR count). The topological polar surface area (TPSA) is 64.4 Å². The van der Waals surface area contributed by atoms with Crippen LogP contribution in [0.3, 0.4) is 0 Å². The number of hydrogen-bond acceptors (Lipinski definition) is 4. The number of aryl methyl sites for hydroxylation is 1. The first kappa shape index (κ1) is 8.25. The molecule has 13 heavy (non-hydrogen) atoms. The van der Waals surface area contributed by atoms with Gasteiger partial charge in [-0.1, -0.05) is 0 Å². The number of aliphatic hydroxyl groups is 1. The second kappa shape index (κ2) is 2.85. The van der Waals surface area contributed by atoms with Crippen LogP contribution in [0.5, 0.6) is 6.01 Å². The molecule has 1 aromatic heterocycles. The van der Waals surface area contributed by atoms with E-state index >= 15 is 0 Å². The molecular formula is C8H10N2O3. The highest BCUT2D eigenvalue weighted by molar-refractivity contribution is 5.10. The van der Waals surface area contributed by atoms with Gasteiger partial charge in [0.1, 0.15) is 6.10 Å². The molecule has 2 heterocycles. The van der Waals surface area contributed by atoms with Crippen LogP contribution in [0.2, 0.25) is 0 Å². The molecule has 0 aromatic carbocycles. The monoisotopic (exact) mass is 182 g/mol. The quantitative estimate of drug-likeness (QED) is 0.624. The van der Waals surface area contributed by atoms with Gasteiger partial charge < -0.3 is 9.84 Å². The third kappa shape index (κ3) is 1.31. The molecule has 0 amide bonds. The Labute approximate surface area is 74.6 Å². The zero-order valence-electron chi connectivity index (χ0n) is 7.23. The van der Waals surface area contributed by atoms with E-state index in [-0.39, 0.29) is 18.3 Å². The van der Waals surface area contributed by atoms with E-state index in [0.717, 1.165) is 0 Å². The number of aromatic nitrogens is 2. The summed E-state index contributed by atoms with van der Waals surface area (Å²) in [5, 5.41) is 8.83. The predicted octanol–water partition coefficient (Wildman–Crippen LogP) is -0.695. The average Bonchev–Trinajstić information content (AvgIpc) is 2.47. The van der Waals surface area contributed by atoms with Crippen molar-refractivity contribution in [1.82, 2.24) is 9.55 Å². The lowest BCUT2D eigenvalue weighted by molar-refractivity contribution is 0.130. The van der Waals surface area contributed by atoms with Crippen LogP contribution in [0.25, 0.3) is 0 Å². The molecule has 0 unspecified atom stereocenters. The van der Waals surface area contributed by atoms with Gasteiger partial charge in [0, 0.05) is 11.8 Å². The van der Waals surface area contributed by atoms with Crippen LogP contribution in [-0.2, 0) is 6.54 Å². The Kier molecular flexibility index (Phi) is 1.81. The highest BCUT2D eigenvalue weighted by atomic mass is 16.5. The third-order valence-corrected chi connectivity index (χ3v) is 1.96. The van der Waals surface area contributed by atoms with Crippen molar-refractivity contribution in [3.8, 4) is 6.01 Å². The summed E-state index contributed by atoms with van der Waals surface area (Å²) in [7, 11) is 0. The van der Waals surface area contributed by atoms with Gasteiger partial charge in [-0.3, -0.25) is 9.36 Å². The molecule has 1 N–H and O–H groups in total. The van der Waals surface area contributed by atoms with Crippen molar-refractivity contribution in [2.45, 2.75) is 19.6 Å². The Balaban J connectivity index is 2.46. The summed E-state index contributed by atoms with van der Waals surface area (Å²) in [6.45, 7) is 2.03. The second-order valence-electron chi connectivity index (χ2n) is 3.05. The van der Waals surface area contributed by atoms with Crippen LogP contribution in [0.4, 0.5) is 0 Å². The average molecular weight is 182 g/mol. The van der Waals surface area contributed by atoms with Crippen molar-refractivity contribution in [1.29, 1.82) is 0 Å². The van der Waals surface area contributed by atoms with Crippen LogP contribution in [0.1, 0.15) is 5.69 Å². The van der Waals surface area contributed by atoms with E-state index in [4.69, 9.17) is 9.84 Å². The molecule has 0 radical (unpaired) electrons. The van der Waals surface area contributed by atoms with Crippen LogP contribution in [0, 0.1) is 6.92 Å². The zero-order chi connectivity index (χ0) is 9.42. The van der Waals surface area contributed by atoms with E-state index in [1.54, 1.807) is 6.92 Å². The van der Waals surface area contributed by atoms with Gasteiger partial charge in [0.05, 0.1) is 13.2 Å². The van der Waals surface area contributed by atoms with Gasteiger partial charge in [-0.05, 0) is 6.92 Å². The highest BCUT2D eigenvalue weighted by Crippen LogP contribution is 2.15. The SMILES string of the molecule is Cc1cc(=O)n2c(n1)O[C@@H](CO)C2. The number of nitrogens with zero attached hydrogens (tertiary/aromatic N) is 2. The van der Waals surface area contributed by atoms with Crippen LogP contribution < -0.4 is 10.3 Å². The fourth-order valence-corrected chi connectivity index (χ4v) is 1.34. The van der Waals surface area contributed by atoms with Crippen molar-refractivity contribution < 1.29 is 9.84 Å². The van der Waals surface area contributed by atoms with Gasteiger partial charge in [0.25, 0.3) is 11.6 Å². The Morgan fingerprint density at radius 3 is 3.31 bits per heavy atom. The summed E-state index contributed by atoms with van der Waals surface area (Å²) in [5.74, 6) is 0. The normalized spacial score (nSPS) is 19.7. The van der Waals surface area contributed by atoms with Crippen molar-refractivity contribution in [3.63, 3.8) is 0 Å². The van der Waals surface area contributed by atoms with E-state index in [0.29, 0.717) is 18.2 Å². The maximum absolute atomic E-state index is 11.4. The lowest BCUT2D eigenvalue weighted by Gasteiger charge is -2.02. The minimum atomic E-state index is -0.331. The maximum atomic E-state index is 11.4. The van der Waals surface area contributed by atoms with Crippen LogP contribution >= 0.6 is 0 Å². The first-order chi connectivity index (χ1) is 6.20. The van der Waals surface area contributed by atoms with Crippen LogP contribution in [-0.4, -0.2) is 27.4 Å². The fourth-order valence-electron chi connectivity index (χ4n) is 1.34. The molecule has 1 aromatic rings. The Hall–Kier alpha value is -1.36. The molecule has 0 aliphatic carbocycles. The molecule has 0 bridgehead atoms. The molecular weight excluding hydrogens is 172 g/mol. The molecule has 5 heteroatoms. The Morgan fingerprint density at radius 2 is 2.62 bits per heavy atom. The number of hydrogen-bond donors (Lipinski definition) is 1. The van der Waals surface area contributed by atoms with E-state index in [1.807, 2.05) is 0 Å². The molecule has 0 saturated heterocycles.